The first kappa shape index (κ1) is 24.3. The molecule has 0 radical (unpaired) electrons. The standard InChI is InChI=1S/C24H23Cl2NO4S/c1-3-27(4-2)32(29,30)22-16-19(12-15-21(22)26)24(28)31-23(17-8-6-5-7-9-17)18-10-13-20(25)14-11-18/h5-16,23H,3-4H2,1-2H3/t23-/m0/s1. The summed E-state index contributed by atoms with van der Waals surface area (Å²) in [7, 11) is -3.85. The van der Waals surface area contributed by atoms with E-state index in [9.17, 15) is 13.2 Å². The average Bonchev–Trinajstić information content (AvgIpc) is 2.79. The molecule has 0 spiro atoms. The van der Waals surface area contributed by atoms with Crippen LogP contribution in [0, 0.1) is 0 Å². The molecule has 3 rings (SSSR count). The lowest BCUT2D eigenvalue weighted by Crippen LogP contribution is -2.31. The summed E-state index contributed by atoms with van der Waals surface area (Å²) >= 11 is 12.2. The number of ether oxygens (including phenoxy) is 1. The number of sulfonamides is 1. The Morgan fingerprint density at radius 3 is 2.09 bits per heavy atom. The van der Waals surface area contributed by atoms with Crippen LogP contribution in [0.5, 0.6) is 0 Å². The normalized spacial score (nSPS) is 12.5. The maximum atomic E-state index is 13.1. The zero-order valence-electron chi connectivity index (χ0n) is 17.7. The molecule has 0 unspecified atom stereocenters. The molecule has 32 heavy (non-hydrogen) atoms. The van der Waals surface area contributed by atoms with Gasteiger partial charge in [0, 0.05) is 18.1 Å². The van der Waals surface area contributed by atoms with Crippen molar-refractivity contribution in [3.63, 3.8) is 0 Å². The first-order valence-electron chi connectivity index (χ1n) is 10.1. The summed E-state index contributed by atoms with van der Waals surface area (Å²) in [6.07, 6.45) is -0.695. The van der Waals surface area contributed by atoms with E-state index in [0.29, 0.717) is 5.02 Å². The van der Waals surface area contributed by atoms with E-state index in [1.807, 2.05) is 30.3 Å². The number of carbonyl (C=O) groups is 1. The van der Waals surface area contributed by atoms with Crippen molar-refractivity contribution in [2.75, 3.05) is 13.1 Å². The number of hydrogen-bond donors (Lipinski definition) is 0. The van der Waals surface area contributed by atoms with Crippen molar-refractivity contribution in [1.82, 2.24) is 4.31 Å². The summed E-state index contributed by atoms with van der Waals surface area (Å²) in [5, 5.41) is 0.613. The molecular formula is C24H23Cl2NO4S. The van der Waals surface area contributed by atoms with Gasteiger partial charge in [0.2, 0.25) is 10.0 Å². The molecule has 0 bridgehead atoms. The van der Waals surface area contributed by atoms with Gasteiger partial charge in [0.05, 0.1) is 10.6 Å². The lowest BCUT2D eigenvalue weighted by Gasteiger charge is -2.21. The first-order chi connectivity index (χ1) is 15.3. The van der Waals surface area contributed by atoms with Gasteiger partial charge < -0.3 is 4.74 Å². The Labute approximate surface area is 198 Å². The van der Waals surface area contributed by atoms with E-state index in [1.165, 1.54) is 22.5 Å². The third-order valence-corrected chi connectivity index (χ3v) is 7.77. The minimum atomic E-state index is -3.85. The van der Waals surface area contributed by atoms with E-state index in [2.05, 4.69) is 0 Å². The van der Waals surface area contributed by atoms with E-state index in [0.717, 1.165) is 11.1 Å². The van der Waals surface area contributed by atoms with Gasteiger partial charge in [0.25, 0.3) is 0 Å². The maximum absolute atomic E-state index is 13.1. The van der Waals surface area contributed by atoms with Gasteiger partial charge in [0.15, 0.2) is 6.10 Å². The smallest absolute Gasteiger partial charge is 0.339 e. The molecule has 0 aliphatic rings. The van der Waals surface area contributed by atoms with Crippen LogP contribution < -0.4 is 0 Å². The number of rotatable bonds is 8. The van der Waals surface area contributed by atoms with Gasteiger partial charge in [-0.1, -0.05) is 79.5 Å². The summed E-state index contributed by atoms with van der Waals surface area (Å²) < 4.78 is 33.0. The summed E-state index contributed by atoms with van der Waals surface area (Å²) in [6.45, 7) is 4.06. The molecule has 0 heterocycles. The zero-order chi connectivity index (χ0) is 23.3. The molecule has 0 aromatic heterocycles. The fourth-order valence-corrected chi connectivity index (χ4v) is 5.38. The van der Waals surface area contributed by atoms with E-state index in [1.54, 1.807) is 38.1 Å². The number of carbonyl (C=O) groups excluding carboxylic acids is 1. The van der Waals surface area contributed by atoms with Crippen LogP contribution in [0.2, 0.25) is 10.0 Å². The second-order valence-electron chi connectivity index (χ2n) is 6.98. The summed E-state index contributed by atoms with van der Waals surface area (Å²) in [5.74, 6) is -0.665. The van der Waals surface area contributed by atoms with Gasteiger partial charge in [0.1, 0.15) is 4.90 Å². The molecule has 3 aromatic carbocycles. The predicted octanol–water partition coefficient (Wildman–Crippen LogP) is 5.97. The molecule has 1 atom stereocenters. The third-order valence-electron chi connectivity index (χ3n) is 4.99. The first-order valence-corrected chi connectivity index (χ1v) is 12.3. The number of hydrogen-bond acceptors (Lipinski definition) is 4. The second kappa shape index (κ2) is 10.5. The fraction of sp³-hybridized carbons (Fsp3) is 0.208. The number of nitrogens with zero attached hydrogens (tertiary/aromatic N) is 1. The van der Waals surface area contributed by atoms with E-state index >= 15 is 0 Å². The highest BCUT2D eigenvalue weighted by Gasteiger charge is 2.27. The lowest BCUT2D eigenvalue weighted by atomic mass is 10.0. The zero-order valence-corrected chi connectivity index (χ0v) is 20.0. The van der Waals surface area contributed by atoms with E-state index in [4.69, 9.17) is 27.9 Å². The molecule has 0 saturated heterocycles. The predicted molar refractivity (Wildman–Crippen MR) is 127 cm³/mol. The Kier molecular flexibility index (Phi) is 7.96. The molecule has 8 heteroatoms. The van der Waals surface area contributed by atoms with Gasteiger partial charge in [-0.25, -0.2) is 13.2 Å². The monoisotopic (exact) mass is 491 g/mol. The quantitative estimate of drug-likeness (QED) is 0.364. The van der Waals surface area contributed by atoms with Crippen molar-refractivity contribution >= 4 is 39.2 Å². The van der Waals surface area contributed by atoms with Crippen molar-refractivity contribution in [2.45, 2.75) is 24.8 Å². The summed E-state index contributed by atoms with van der Waals surface area (Å²) in [4.78, 5) is 12.9. The number of esters is 1. The highest BCUT2D eigenvalue weighted by atomic mass is 35.5. The van der Waals surface area contributed by atoms with Crippen molar-refractivity contribution < 1.29 is 17.9 Å². The molecule has 0 saturated carbocycles. The molecule has 3 aromatic rings. The molecule has 168 valence electrons. The Morgan fingerprint density at radius 2 is 1.50 bits per heavy atom. The van der Waals surface area contributed by atoms with Crippen molar-refractivity contribution in [1.29, 1.82) is 0 Å². The van der Waals surface area contributed by atoms with E-state index in [-0.39, 0.29) is 28.6 Å². The van der Waals surface area contributed by atoms with E-state index < -0.39 is 22.1 Å². The van der Waals surface area contributed by atoms with Crippen LogP contribution in [0.3, 0.4) is 0 Å². The third kappa shape index (κ3) is 5.33. The highest BCUT2D eigenvalue weighted by Crippen LogP contribution is 2.30. The largest absolute Gasteiger partial charge is 0.449 e. The summed E-state index contributed by atoms with van der Waals surface area (Å²) in [5.41, 5.74) is 1.60. The molecular weight excluding hydrogens is 469 g/mol. The molecule has 5 nitrogen and oxygen atoms in total. The van der Waals surface area contributed by atoms with Gasteiger partial charge in [-0.2, -0.15) is 4.31 Å². The van der Waals surface area contributed by atoms with Gasteiger partial charge in [-0.05, 0) is 41.5 Å². The number of halogens is 2. The highest BCUT2D eigenvalue weighted by molar-refractivity contribution is 7.89. The Morgan fingerprint density at radius 1 is 0.906 bits per heavy atom. The Balaban J connectivity index is 1.98. The SMILES string of the molecule is CCN(CC)S(=O)(=O)c1cc(C(=O)O[C@@H](c2ccccc2)c2ccc(Cl)cc2)ccc1Cl. The Bertz CT molecular complexity index is 1180. The van der Waals surface area contributed by atoms with Crippen molar-refractivity contribution in [3.05, 3.63) is 99.5 Å². The topological polar surface area (TPSA) is 63.7 Å². The maximum Gasteiger partial charge on any atom is 0.339 e. The molecule has 0 aliphatic heterocycles. The van der Waals surface area contributed by atoms with Crippen molar-refractivity contribution in [3.8, 4) is 0 Å². The lowest BCUT2D eigenvalue weighted by molar-refractivity contribution is 0.0378. The average molecular weight is 492 g/mol. The Hall–Kier alpha value is -2.38. The fourth-order valence-electron chi connectivity index (χ4n) is 3.30. The minimum absolute atomic E-state index is 0.0470. The van der Waals surface area contributed by atoms with Crippen LogP contribution in [-0.2, 0) is 14.8 Å². The van der Waals surface area contributed by atoms with Crippen LogP contribution in [-0.4, -0.2) is 31.8 Å². The van der Waals surface area contributed by atoms with Gasteiger partial charge in [-0.15, -0.1) is 0 Å². The van der Waals surface area contributed by atoms with Gasteiger partial charge >= 0.3 is 5.97 Å². The van der Waals surface area contributed by atoms with Gasteiger partial charge in [-0.3, -0.25) is 0 Å². The molecule has 0 fully saturated rings. The molecule has 0 amide bonds. The van der Waals surface area contributed by atoms with Crippen LogP contribution in [0.15, 0.2) is 77.7 Å². The van der Waals surface area contributed by atoms with Crippen LogP contribution in [0.4, 0.5) is 0 Å². The molecule has 0 aliphatic carbocycles. The summed E-state index contributed by atoms with van der Waals surface area (Å²) in [6, 6.07) is 20.4. The minimum Gasteiger partial charge on any atom is -0.449 e. The number of benzene rings is 3. The van der Waals surface area contributed by atoms with Crippen molar-refractivity contribution in [2.24, 2.45) is 0 Å². The molecule has 0 N–H and O–H groups in total. The van der Waals surface area contributed by atoms with Crippen LogP contribution >= 0.6 is 23.2 Å². The second-order valence-corrected chi connectivity index (χ2v) is 9.73. The van der Waals surface area contributed by atoms with Crippen LogP contribution in [0.1, 0.15) is 41.4 Å². The van der Waals surface area contributed by atoms with Crippen LogP contribution in [0.25, 0.3) is 0 Å².